The van der Waals surface area contributed by atoms with Crippen LogP contribution in [0.2, 0.25) is 0 Å². The van der Waals surface area contributed by atoms with Crippen molar-refractivity contribution in [2.45, 2.75) is 64.6 Å². The Morgan fingerprint density at radius 3 is 2.79 bits per heavy atom. The lowest BCUT2D eigenvalue weighted by Crippen LogP contribution is -2.50. The van der Waals surface area contributed by atoms with Crippen LogP contribution in [0.5, 0.6) is 0 Å². The molecule has 186 valence electrons. The molecule has 0 saturated carbocycles. The molecule has 1 aliphatic heterocycles. The third-order valence-corrected chi connectivity index (χ3v) is 6.29. The van der Waals surface area contributed by atoms with Crippen molar-refractivity contribution < 1.29 is 9.13 Å². The van der Waals surface area contributed by atoms with Crippen molar-refractivity contribution in [3.05, 3.63) is 75.8 Å². The van der Waals surface area contributed by atoms with Gasteiger partial charge in [-0.2, -0.15) is 9.81 Å². The van der Waals surface area contributed by atoms with Gasteiger partial charge in [-0.15, -0.1) is 0 Å². The van der Waals surface area contributed by atoms with E-state index in [1.807, 2.05) is 31.2 Å². The maximum absolute atomic E-state index is 14.5. The van der Waals surface area contributed by atoms with Crippen LogP contribution in [0.3, 0.4) is 0 Å². The van der Waals surface area contributed by atoms with Gasteiger partial charge in [-0.25, -0.2) is 4.39 Å². The zero-order valence-electron chi connectivity index (χ0n) is 20.5. The molecule has 2 rings (SSSR count). The van der Waals surface area contributed by atoms with E-state index in [1.165, 1.54) is 6.07 Å². The summed E-state index contributed by atoms with van der Waals surface area (Å²) in [5, 5.41) is 6.30. The number of likely N-dealkylation sites (tertiary alicyclic amines) is 1. The molecule has 0 N–H and O–H groups in total. The van der Waals surface area contributed by atoms with Gasteiger partial charge in [-0.3, -0.25) is 4.90 Å². The third-order valence-electron chi connectivity index (χ3n) is 6.29. The monoisotopic (exact) mass is 471 g/mol. The quantitative estimate of drug-likeness (QED) is 0.163. The molecule has 0 aliphatic carbocycles. The van der Waals surface area contributed by atoms with Crippen LogP contribution in [-0.2, 0) is 11.3 Å². The van der Waals surface area contributed by atoms with Crippen LogP contribution in [0.15, 0.2) is 59.4 Å². The van der Waals surface area contributed by atoms with E-state index in [-0.39, 0.29) is 24.4 Å². The molecule has 0 spiro atoms. The van der Waals surface area contributed by atoms with Gasteiger partial charge in [0, 0.05) is 24.8 Å². The number of ether oxygens (including phenoxy) is 1. The normalized spacial score (nSPS) is 21.6. The van der Waals surface area contributed by atoms with Gasteiger partial charge in [0.05, 0.1) is 13.2 Å². The maximum atomic E-state index is 14.5. The summed E-state index contributed by atoms with van der Waals surface area (Å²) in [4.78, 5) is 24.2. The third kappa shape index (κ3) is 8.69. The molecular formula is C27H38FN3O3. The lowest BCUT2D eigenvalue weighted by Gasteiger charge is -2.41. The molecule has 1 unspecified atom stereocenters. The van der Waals surface area contributed by atoms with E-state index in [4.69, 9.17) is 4.74 Å². The molecule has 1 fully saturated rings. The van der Waals surface area contributed by atoms with Crippen molar-refractivity contribution in [3.63, 3.8) is 0 Å². The number of hydrogen-bond donors (Lipinski definition) is 0. The number of allylic oxidation sites excluding steroid dienone is 5. The van der Waals surface area contributed by atoms with Crippen molar-refractivity contribution >= 4 is 5.57 Å². The van der Waals surface area contributed by atoms with Crippen molar-refractivity contribution in [2.24, 2.45) is 16.3 Å². The summed E-state index contributed by atoms with van der Waals surface area (Å²) in [5.41, 5.74) is 2.07. The van der Waals surface area contributed by atoms with Crippen molar-refractivity contribution in [1.29, 1.82) is 0 Å². The highest BCUT2D eigenvalue weighted by molar-refractivity contribution is 5.75. The van der Waals surface area contributed by atoms with Crippen molar-refractivity contribution in [2.75, 3.05) is 26.2 Å². The molecule has 6 nitrogen and oxygen atoms in total. The first-order valence-electron chi connectivity index (χ1n) is 12.2. The topological polar surface area (TPSA) is 71.3 Å². The number of halogens is 1. The average Bonchev–Trinajstić information content (AvgIpc) is 2.83. The highest BCUT2D eigenvalue weighted by atomic mass is 19.1. The molecule has 34 heavy (non-hydrogen) atoms. The maximum Gasteiger partial charge on any atom is 0.131 e. The fourth-order valence-corrected chi connectivity index (χ4v) is 4.59. The van der Waals surface area contributed by atoms with E-state index < -0.39 is 0 Å². The Balaban J connectivity index is 1.74. The molecular weight excluding hydrogens is 433 g/mol. The van der Waals surface area contributed by atoms with Crippen LogP contribution >= 0.6 is 0 Å². The SMILES string of the molecule is C=C/C(=C\C=C/C)c1ccc(COCCCCCN2C[C@H](C)CC(N=O)[C@@H]2CCN=O)cc1F. The Bertz CT molecular complexity index is 856. The predicted molar refractivity (Wildman–Crippen MR) is 137 cm³/mol. The first-order valence-corrected chi connectivity index (χ1v) is 12.2. The van der Waals surface area contributed by atoms with E-state index >= 15 is 0 Å². The summed E-state index contributed by atoms with van der Waals surface area (Å²) < 4.78 is 20.3. The molecule has 1 aromatic rings. The lowest BCUT2D eigenvalue weighted by atomic mass is 9.88. The molecule has 1 saturated heterocycles. The minimum atomic E-state index is -0.282. The Morgan fingerprint density at radius 1 is 1.29 bits per heavy atom. The van der Waals surface area contributed by atoms with E-state index in [1.54, 1.807) is 12.1 Å². The number of benzene rings is 1. The van der Waals surface area contributed by atoms with Gasteiger partial charge < -0.3 is 4.74 Å². The van der Waals surface area contributed by atoms with Crippen LogP contribution in [-0.4, -0.2) is 43.2 Å². The van der Waals surface area contributed by atoms with Gasteiger partial charge in [0.2, 0.25) is 0 Å². The molecule has 7 heteroatoms. The molecule has 3 atom stereocenters. The number of piperidine rings is 1. The standard InChI is InChI=1S/C27H38FN3O3/c1-4-6-10-23(5-2)24-12-11-22(18-25(24)28)20-34-16-9-7-8-15-31-19-21(3)17-26(30-33)27(31)13-14-29-32/h4-6,10-12,18,21,26-27H,2,7-9,13-17,19-20H2,1,3H3/b6-4-,23-10+/t21-,26?,27+/m1/s1. The van der Waals surface area contributed by atoms with Crippen LogP contribution in [0, 0.1) is 21.5 Å². The highest BCUT2D eigenvalue weighted by Gasteiger charge is 2.34. The average molecular weight is 472 g/mol. The largest absolute Gasteiger partial charge is 0.377 e. The van der Waals surface area contributed by atoms with Crippen molar-refractivity contribution in [1.82, 2.24) is 4.90 Å². The Morgan fingerprint density at radius 2 is 2.12 bits per heavy atom. The van der Waals surface area contributed by atoms with Crippen LogP contribution in [0.25, 0.3) is 5.57 Å². The second-order valence-corrected chi connectivity index (χ2v) is 9.00. The zero-order valence-corrected chi connectivity index (χ0v) is 20.5. The van der Waals surface area contributed by atoms with Crippen LogP contribution in [0.1, 0.15) is 57.1 Å². The van der Waals surface area contributed by atoms with Gasteiger partial charge in [0.25, 0.3) is 0 Å². The summed E-state index contributed by atoms with van der Waals surface area (Å²) in [6, 6.07) is 4.92. The predicted octanol–water partition coefficient (Wildman–Crippen LogP) is 6.66. The number of rotatable bonds is 15. The van der Waals surface area contributed by atoms with Crippen LogP contribution in [0.4, 0.5) is 4.39 Å². The molecule has 0 radical (unpaired) electrons. The van der Waals surface area contributed by atoms with E-state index in [0.29, 0.717) is 31.1 Å². The smallest absolute Gasteiger partial charge is 0.131 e. The van der Waals surface area contributed by atoms with Gasteiger partial charge in [0.15, 0.2) is 0 Å². The van der Waals surface area contributed by atoms with E-state index in [0.717, 1.165) is 49.9 Å². The second kappa shape index (κ2) is 15.4. The fourth-order valence-electron chi connectivity index (χ4n) is 4.59. The zero-order chi connectivity index (χ0) is 24.8. The lowest BCUT2D eigenvalue weighted by molar-refractivity contribution is 0.0853. The number of nitrogens with zero attached hydrogens (tertiary/aromatic N) is 3. The van der Waals surface area contributed by atoms with E-state index in [2.05, 4.69) is 28.8 Å². The van der Waals surface area contributed by atoms with Gasteiger partial charge >= 0.3 is 0 Å². The van der Waals surface area contributed by atoms with E-state index in [9.17, 15) is 14.2 Å². The molecule has 0 amide bonds. The number of nitroso groups, excluding NO2 is 2. The number of hydrogen-bond acceptors (Lipinski definition) is 6. The Hall–Kier alpha value is -2.51. The summed E-state index contributed by atoms with van der Waals surface area (Å²) in [7, 11) is 0. The second-order valence-electron chi connectivity index (χ2n) is 9.00. The van der Waals surface area contributed by atoms with Gasteiger partial charge in [-0.1, -0.05) is 60.3 Å². The first-order chi connectivity index (χ1) is 16.5. The molecule has 0 aromatic heterocycles. The molecule has 1 heterocycles. The van der Waals surface area contributed by atoms with Gasteiger partial charge in [0.1, 0.15) is 11.9 Å². The van der Waals surface area contributed by atoms with Crippen molar-refractivity contribution in [3.8, 4) is 0 Å². The first kappa shape index (κ1) is 27.7. The summed E-state index contributed by atoms with van der Waals surface area (Å²) in [5.74, 6) is 0.134. The van der Waals surface area contributed by atoms with Gasteiger partial charge in [-0.05, 0) is 68.7 Å². The van der Waals surface area contributed by atoms with Crippen LogP contribution < -0.4 is 0 Å². The molecule has 1 aromatic carbocycles. The summed E-state index contributed by atoms with van der Waals surface area (Å²) in [6.07, 6.45) is 11.5. The Labute approximate surface area is 202 Å². The molecule has 1 aliphatic rings. The minimum Gasteiger partial charge on any atom is -0.377 e. The molecule has 0 bridgehead atoms. The Kier molecular flexibility index (Phi) is 12.6. The fraction of sp³-hybridized carbons (Fsp3) is 0.556. The highest BCUT2D eigenvalue weighted by Crippen LogP contribution is 2.27. The summed E-state index contributed by atoms with van der Waals surface area (Å²) >= 11 is 0. The number of unbranched alkanes of at least 4 members (excludes halogenated alkanes) is 2. The minimum absolute atomic E-state index is 0.00923. The summed E-state index contributed by atoms with van der Waals surface area (Å²) in [6.45, 7) is 10.8.